The van der Waals surface area contributed by atoms with E-state index >= 15 is 0 Å². The van der Waals surface area contributed by atoms with Gasteiger partial charge in [-0.15, -0.1) is 0 Å². The molecule has 0 aliphatic heterocycles. The van der Waals surface area contributed by atoms with Crippen molar-refractivity contribution in [3.8, 4) is 17.0 Å². The van der Waals surface area contributed by atoms with Gasteiger partial charge in [0.25, 0.3) is 0 Å². The van der Waals surface area contributed by atoms with E-state index in [2.05, 4.69) is 0 Å². The number of aromatic nitrogens is 1. The average molecular weight is 301 g/mol. The van der Waals surface area contributed by atoms with Crippen LogP contribution >= 0.6 is 0 Å². The first-order valence-electron chi connectivity index (χ1n) is 6.46. The molecule has 0 aliphatic carbocycles. The molecule has 4 nitrogen and oxygen atoms in total. The Labute approximate surface area is 123 Å². The van der Waals surface area contributed by atoms with Gasteiger partial charge < -0.3 is 4.74 Å². The monoisotopic (exact) mass is 301 g/mol. The lowest BCUT2D eigenvalue weighted by Gasteiger charge is -2.09. The van der Waals surface area contributed by atoms with E-state index in [0.717, 1.165) is 10.9 Å². The molecule has 3 aromatic rings. The van der Waals surface area contributed by atoms with Gasteiger partial charge in [-0.05, 0) is 23.8 Å². The van der Waals surface area contributed by atoms with Gasteiger partial charge in [-0.2, -0.15) is 0 Å². The lowest BCUT2D eigenvalue weighted by atomic mass is 10.1. The summed E-state index contributed by atoms with van der Waals surface area (Å²) in [7, 11) is -1.87. The number of fused-ring (bicyclic) bond motifs is 1. The minimum Gasteiger partial charge on any atom is -0.497 e. The molecule has 0 spiro atoms. The molecule has 0 fully saturated rings. The number of hydrogen-bond donors (Lipinski definition) is 0. The summed E-state index contributed by atoms with van der Waals surface area (Å²) in [6, 6.07) is 16.8. The van der Waals surface area contributed by atoms with Crippen molar-refractivity contribution in [2.45, 2.75) is 0 Å². The van der Waals surface area contributed by atoms with Gasteiger partial charge in [0.2, 0.25) is 10.0 Å². The van der Waals surface area contributed by atoms with Crippen molar-refractivity contribution >= 4 is 20.9 Å². The Morgan fingerprint density at radius 3 is 2.33 bits per heavy atom. The smallest absolute Gasteiger partial charge is 0.236 e. The van der Waals surface area contributed by atoms with E-state index in [1.807, 2.05) is 48.5 Å². The first-order valence-corrected chi connectivity index (χ1v) is 8.31. The summed E-state index contributed by atoms with van der Waals surface area (Å²) in [6.45, 7) is 0. The Balaban J connectivity index is 2.40. The summed E-state index contributed by atoms with van der Waals surface area (Å²) in [5.41, 5.74) is 2.13. The zero-order chi connectivity index (χ0) is 15.0. The number of hydrogen-bond acceptors (Lipinski definition) is 3. The highest BCUT2D eigenvalue weighted by Crippen LogP contribution is 2.31. The van der Waals surface area contributed by atoms with Crippen molar-refractivity contribution in [1.29, 1.82) is 0 Å². The number of rotatable bonds is 3. The molecule has 1 aromatic heterocycles. The van der Waals surface area contributed by atoms with E-state index in [4.69, 9.17) is 4.74 Å². The highest BCUT2D eigenvalue weighted by molar-refractivity contribution is 7.89. The molecule has 0 aliphatic rings. The zero-order valence-corrected chi connectivity index (χ0v) is 12.6. The molecule has 0 bridgehead atoms. The summed E-state index contributed by atoms with van der Waals surface area (Å²) < 4.78 is 31.0. The predicted molar refractivity (Wildman–Crippen MR) is 84.2 cm³/mol. The fourth-order valence-corrected chi connectivity index (χ4v) is 3.48. The second-order valence-electron chi connectivity index (χ2n) is 4.85. The zero-order valence-electron chi connectivity index (χ0n) is 11.8. The highest BCUT2D eigenvalue weighted by atomic mass is 32.2. The van der Waals surface area contributed by atoms with Crippen LogP contribution in [0.15, 0.2) is 54.6 Å². The fourth-order valence-electron chi connectivity index (χ4n) is 2.45. The topological polar surface area (TPSA) is 48.3 Å². The summed E-state index contributed by atoms with van der Waals surface area (Å²) in [5, 5.41) is 0.861. The molecule has 2 aromatic carbocycles. The second kappa shape index (κ2) is 4.93. The van der Waals surface area contributed by atoms with Crippen LogP contribution in [0.2, 0.25) is 0 Å². The van der Waals surface area contributed by atoms with E-state index in [1.165, 1.54) is 10.2 Å². The van der Waals surface area contributed by atoms with Crippen LogP contribution in [-0.4, -0.2) is 25.8 Å². The third kappa shape index (κ3) is 2.40. The second-order valence-corrected chi connectivity index (χ2v) is 6.68. The van der Waals surface area contributed by atoms with E-state index in [9.17, 15) is 8.42 Å². The van der Waals surface area contributed by atoms with Gasteiger partial charge in [0.05, 0.1) is 24.6 Å². The molecule has 3 rings (SSSR count). The highest BCUT2D eigenvalue weighted by Gasteiger charge is 2.18. The molecule has 0 atom stereocenters. The van der Waals surface area contributed by atoms with Crippen LogP contribution in [0.5, 0.6) is 5.75 Å². The third-order valence-electron chi connectivity index (χ3n) is 3.37. The average Bonchev–Trinajstić information content (AvgIpc) is 2.86. The number of ether oxygens (including phenoxy) is 1. The van der Waals surface area contributed by atoms with E-state index in [-0.39, 0.29) is 0 Å². The van der Waals surface area contributed by atoms with Crippen LogP contribution in [0.4, 0.5) is 0 Å². The first-order chi connectivity index (χ1) is 10.0. The molecule has 1 heterocycles. The summed E-state index contributed by atoms with van der Waals surface area (Å²) >= 11 is 0. The summed E-state index contributed by atoms with van der Waals surface area (Å²) in [5.74, 6) is 0.630. The van der Waals surface area contributed by atoms with Gasteiger partial charge >= 0.3 is 0 Å². The van der Waals surface area contributed by atoms with Gasteiger partial charge in [0, 0.05) is 11.5 Å². The Hall–Kier alpha value is -2.27. The lowest BCUT2D eigenvalue weighted by molar-refractivity contribution is 0.415. The largest absolute Gasteiger partial charge is 0.497 e. The Morgan fingerprint density at radius 1 is 1.00 bits per heavy atom. The Kier molecular flexibility index (Phi) is 3.22. The van der Waals surface area contributed by atoms with E-state index in [0.29, 0.717) is 17.0 Å². The SMILES string of the molecule is COc1ccc2cc(-c3ccccc3)n(S(C)(=O)=O)c2c1. The number of nitrogens with zero attached hydrogens (tertiary/aromatic N) is 1. The predicted octanol–water partition coefficient (Wildman–Crippen LogP) is 3.12. The molecule has 0 unspecified atom stereocenters. The van der Waals surface area contributed by atoms with Crippen LogP contribution in [-0.2, 0) is 10.0 Å². The molecule has 5 heteroatoms. The normalized spacial score (nSPS) is 11.7. The molecule has 21 heavy (non-hydrogen) atoms. The quantitative estimate of drug-likeness (QED) is 0.747. The molecular formula is C16H15NO3S. The standard InChI is InChI=1S/C16H15NO3S/c1-20-14-9-8-13-10-15(12-6-4-3-5-7-12)17(16(13)11-14)21(2,18)19/h3-11H,1-2H3. The van der Waals surface area contributed by atoms with Crippen molar-refractivity contribution in [2.24, 2.45) is 0 Å². The van der Waals surface area contributed by atoms with Gasteiger partial charge in [-0.1, -0.05) is 30.3 Å². The maximum absolute atomic E-state index is 12.2. The molecule has 0 radical (unpaired) electrons. The van der Waals surface area contributed by atoms with E-state index < -0.39 is 10.0 Å². The number of benzene rings is 2. The minimum atomic E-state index is -3.43. The third-order valence-corrected chi connectivity index (χ3v) is 4.43. The van der Waals surface area contributed by atoms with Crippen LogP contribution in [0, 0.1) is 0 Å². The maximum atomic E-state index is 12.2. The summed E-state index contributed by atoms with van der Waals surface area (Å²) in [6.07, 6.45) is 1.21. The molecule has 0 saturated heterocycles. The van der Waals surface area contributed by atoms with Crippen LogP contribution in [0.25, 0.3) is 22.2 Å². The van der Waals surface area contributed by atoms with Crippen molar-refractivity contribution in [3.63, 3.8) is 0 Å². The van der Waals surface area contributed by atoms with Gasteiger partial charge in [0.15, 0.2) is 0 Å². The maximum Gasteiger partial charge on any atom is 0.236 e. The van der Waals surface area contributed by atoms with Crippen LogP contribution < -0.4 is 4.74 Å². The van der Waals surface area contributed by atoms with Crippen molar-refractivity contribution in [2.75, 3.05) is 13.4 Å². The van der Waals surface area contributed by atoms with Crippen molar-refractivity contribution < 1.29 is 13.2 Å². The van der Waals surface area contributed by atoms with Crippen LogP contribution in [0.3, 0.4) is 0 Å². The molecule has 0 N–H and O–H groups in total. The van der Waals surface area contributed by atoms with Gasteiger partial charge in [-0.25, -0.2) is 12.4 Å². The summed E-state index contributed by atoms with van der Waals surface area (Å²) in [4.78, 5) is 0. The van der Waals surface area contributed by atoms with Gasteiger partial charge in [-0.3, -0.25) is 0 Å². The Morgan fingerprint density at radius 2 is 1.71 bits per heavy atom. The lowest BCUT2D eigenvalue weighted by Crippen LogP contribution is -2.11. The van der Waals surface area contributed by atoms with Crippen LogP contribution in [0.1, 0.15) is 0 Å². The first kappa shape index (κ1) is 13.7. The molecular weight excluding hydrogens is 286 g/mol. The van der Waals surface area contributed by atoms with Crippen molar-refractivity contribution in [3.05, 3.63) is 54.6 Å². The van der Waals surface area contributed by atoms with E-state index in [1.54, 1.807) is 13.2 Å². The minimum absolute atomic E-state index is 0.621. The fraction of sp³-hybridized carbons (Fsp3) is 0.125. The number of methoxy groups -OCH3 is 1. The van der Waals surface area contributed by atoms with Crippen molar-refractivity contribution in [1.82, 2.24) is 3.97 Å². The molecule has 108 valence electrons. The molecule has 0 saturated carbocycles. The Bertz CT molecular complexity index is 896. The molecule has 0 amide bonds. The van der Waals surface area contributed by atoms with Gasteiger partial charge in [0.1, 0.15) is 5.75 Å².